The lowest BCUT2D eigenvalue weighted by molar-refractivity contribution is 0.335. The predicted molar refractivity (Wildman–Crippen MR) is 85.8 cm³/mol. The number of hydrogen-bond donors (Lipinski definition) is 1. The molecule has 0 radical (unpaired) electrons. The van der Waals surface area contributed by atoms with Gasteiger partial charge in [0.2, 0.25) is 0 Å². The van der Waals surface area contributed by atoms with Gasteiger partial charge in [-0.25, -0.2) is 0 Å². The highest BCUT2D eigenvalue weighted by Gasteiger charge is 2.36. The van der Waals surface area contributed by atoms with E-state index in [9.17, 15) is 0 Å². The van der Waals surface area contributed by atoms with Crippen molar-refractivity contribution in [2.75, 3.05) is 11.1 Å². The van der Waals surface area contributed by atoms with E-state index >= 15 is 0 Å². The van der Waals surface area contributed by atoms with Gasteiger partial charge in [-0.1, -0.05) is 54.2 Å². The maximum absolute atomic E-state index is 6.17. The van der Waals surface area contributed by atoms with Crippen LogP contribution in [-0.4, -0.2) is 16.5 Å². The van der Waals surface area contributed by atoms with Gasteiger partial charge in [-0.3, -0.25) is 4.99 Å². The Kier molecular flexibility index (Phi) is 3.97. The van der Waals surface area contributed by atoms with Gasteiger partial charge in [0.1, 0.15) is 0 Å². The smallest absolute Gasteiger partial charge is 0.161 e. The van der Waals surface area contributed by atoms with Crippen LogP contribution in [0.2, 0.25) is 10.0 Å². The molecule has 0 bridgehead atoms. The van der Waals surface area contributed by atoms with Crippen molar-refractivity contribution in [3.8, 4) is 0 Å². The van der Waals surface area contributed by atoms with Crippen molar-refractivity contribution in [3.05, 3.63) is 28.2 Å². The number of amidine groups is 1. The molecule has 5 heteroatoms. The molecule has 102 valence electrons. The summed E-state index contributed by atoms with van der Waals surface area (Å²) in [5.74, 6) is 1.09. The minimum absolute atomic E-state index is 0.177. The first kappa shape index (κ1) is 13.6. The molecule has 1 aliphatic heterocycles. The van der Waals surface area contributed by atoms with Crippen molar-refractivity contribution < 1.29 is 0 Å². The monoisotopic (exact) mass is 314 g/mol. The van der Waals surface area contributed by atoms with Crippen LogP contribution in [0.4, 0.5) is 5.69 Å². The van der Waals surface area contributed by atoms with Gasteiger partial charge in [0.05, 0.1) is 16.2 Å². The topological polar surface area (TPSA) is 24.4 Å². The summed E-state index contributed by atoms with van der Waals surface area (Å²) in [4.78, 5) is 4.91. The second-order valence-electron chi connectivity index (χ2n) is 5.24. The van der Waals surface area contributed by atoms with Crippen molar-refractivity contribution in [1.82, 2.24) is 0 Å². The minimum Gasteiger partial charge on any atom is -0.334 e. The predicted octanol–water partition coefficient (Wildman–Crippen LogP) is 5.21. The van der Waals surface area contributed by atoms with E-state index < -0.39 is 0 Å². The number of aliphatic imine (C=N–C) groups is 1. The maximum atomic E-state index is 6.17. The Balaban J connectivity index is 1.77. The van der Waals surface area contributed by atoms with Crippen molar-refractivity contribution in [3.63, 3.8) is 0 Å². The van der Waals surface area contributed by atoms with Crippen molar-refractivity contribution in [2.45, 2.75) is 37.6 Å². The summed E-state index contributed by atoms with van der Waals surface area (Å²) < 4.78 is 0. The van der Waals surface area contributed by atoms with Crippen LogP contribution >= 0.6 is 35.0 Å². The van der Waals surface area contributed by atoms with Crippen molar-refractivity contribution in [1.29, 1.82) is 0 Å². The molecule has 0 aromatic heterocycles. The number of benzene rings is 1. The fourth-order valence-corrected chi connectivity index (χ4v) is 4.26. The summed E-state index contributed by atoms with van der Waals surface area (Å²) in [6.45, 7) is 0. The average molecular weight is 315 g/mol. The van der Waals surface area contributed by atoms with E-state index in [2.05, 4.69) is 5.32 Å². The Morgan fingerprint density at radius 3 is 2.74 bits per heavy atom. The third-order valence-corrected chi connectivity index (χ3v) is 5.48. The molecular weight excluding hydrogens is 299 g/mol. The number of nitrogens with one attached hydrogen (secondary N) is 1. The molecule has 1 aromatic rings. The third kappa shape index (κ3) is 3.04. The van der Waals surface area contributed by atoms with E-state index in [0.29, 0.717) is 10.0 Å². The lowest BCUT2D eigenvalue weighted by Gasteiger charge is -2.29. The van der Waals surface area contributed by atoms with E-state index in [4.69, 9.17) is 28.2 Å². The Morgan fingerprint density at radius 1 is 1.16 bits per heavy atom. The lowest BCUT2D eigenvalue weighted by Crippen LogP contribution is -2.29. The van der Waals surface area contributed by atoms with E-state index in [1.807, 2.05) is 12.1 Å². The molecule has 0 unspecified atom stereocenters. The molecule has 3 rings (SSSR count). The molecule has 0 amide bonds. The van der Waals surface area contributed by atoms with Gasteiger partial charge in [0.25, 0.3) is 0 Å². The van der Waals surface area contributed by atoms with Crippen LogP contribution in [0.1, 0.15) is 32.1 Å². The second-order valence-corrected chi connectivity index (χ2v) is 7.05. The molecular formula is C14H16Cl2N2S. The number of rotatable bonds is 1. The van der Waals surface area contributed by atoms with Crippen LogP contribution in [0.15, 0.2) is 23.2 Å². The Labute approximate surface area is 128 Å². The maximum Gasteiger partial charge on any atom is 0.161 e. The van der Waals surface area contributed by atoms with Gasteiger partial charge < -0.3 is 5.32 Å². The van der Waals surface area contributed by atoms with Gasteiger partial charge >= 0.3 is 0 Å². The normalized spacial score (nSPS) is 21.5. The molecule has 1 aromatic carbocycles. The van der Waals surface area contributed by atoms with Crippen molar-refractivity contribution in [2.24, 2.45) is 4.99 Å². The first-order valence-electron chi connectivity index (χ1n) is 6.62. The van der Waals surface area contributed by atoms with E-state index in [1.165, 1.54) is 32.1 Å². The zero-order valence-electron chi connectivity index (χ0n) is 10.6. The molecule has 1 aliphatic carbocycles. The van der Waals surface area contributed by atoms with Crippen LogP contribution < -0.4 is 5.32 Å². The number of halogens is 2. The number of hydrogen-bond acceptors (Lipinski definition) is 3. The summed E-state index contributed by atoms with van der Waals surface area (Å²) in [7, 11) is 0. The summed E-state index contributed by atoms with van der Waals surface area (Å²) in [6.07, 6.45) is 6.39. The van der Waals surface area contributed by atoms with E-state index in [1.54, 1.807) is 17.8 Å². The molecule has 1 N–H and O–H groups in total. The molecule has 2 nitrogen and oxygen atoms in total. The number of thioether (sulfide) groups is 1. The van der Waals surface area contributed by atoms with Crippen LogP contribution in [0, 0.1) is 0 Å². The van der Waals surface area contributed by atoms with E-state index in [0.717, 1.165) is 16.6 Å². The summed E-state index contributed by atoms with van der Waals surface area (Å²) in [5.41, 5.74) is 1.02. The Morgan fingerprint density at radius 2 is 1.95 bits per heavy atom. The van der Waals surface area contributed by atoms with Gasteiger partial charge in [-0.15, -0.1) is 0 Å². The van der Waals surface area contributed by atoms with Crippen LogP contribution in [0.5, 0.6) is 0 Å². The zero-order valence-corrected chi connectivity index (χ0v) is 12.9. The molecule has 0 saturated heterocycles. The minimum atomic E-state index is 0.177. The van der Waals surface area contributed by atoms with Crippen molar-refractivity contribution >= 4 is 45.8 Å². The molecule has 1 fully saturated rings. The van der Waals surface area contributed by atoms with E-state index in [-0.39, 0.29) is 5.54 Å². The fraction of sp³-hybridized carbons (Fsp3) is 0.500. The number of anilines is 1. The summed E-state index contributed by atoms with van der Waals surface area (Å²) >= 11 is 14.0. The second kappa shape index (κ2) is 5.55. The van der Waals surface area contributed by atoms with Crippen LogP contribution in [0.3, 0.4) is 0 Å². The zero-order chi connectivity index (χ0) is 13.3. The standard InChI is InChI=1S/C14H16Cl2N2S/c15-10-4-5-11(16)12(8-10)17-13-18-14(9-19-13)6-2-1-3-7-14/h4-5,8H,1-3,6-7,9H2,(H,17,18). The van der Waals surface area contributed by atoms with Gasteiger partial charge in [0, 0.05) is 10.8 Å². The van der Waals surface area contributed by atoms with Crippen LogP contribution in [0.25, 0.3) is 0 Å². The summed E-state index contributed by atoms with van der Waals surface area (Å²) in [5, 5.41) is 5.66. The average Bonchev–Trinajstić information content (AvgIpc) is 2.78. The highest BCUT2D eigenvalue weighted by molar-refractivity contribution is 8.14. The third-order valence-electron chi connectivity index (χ3n) is 3.77. The molecule has 1 saturated carbocycles. The molecule has 0 atom stereocenters. The first-order chi connectivity index (χ1) is 9.17. The fourth-order valence-electron chi connectivity index (χ4n) is 2.72. The Bertz CT molecular complexity index is 510. The van der Waals surface area contributed by atoms with Crippen LogP contribution in [-0.2, 0) is 0 Å². The van der Waals surface area contributed by atoms with Gasteiger partial charge in [-0.2, -0.15) is 0 Å². The summed E-state index contributed by atoms with van der Waals surface area (Å²) in [6, 6.07) is 5.45. The molecule has 19 heavy (non-hydrogen) atoms. The molecule has 2 aliphatic rings. The SMILES string of the molecule is Clc1ccc(Cl)c(NC2=NC3(CCCCC3)CS2)c1. The number of nitrogens with zero attached hydrogens (tertiary/aromatic N) is 1. The molecule has 1 spiro atoms. The highest BCUT2D eigenvalue weighted by atomic mass is 35.5. The highest BCUT2D eigenvalue weighted by Crippen LogP contribution is 2.40. The quantitative estimate of drug-likeness (QED) is 0.769. The van der Waals surface area contributed by atoms with Gasteiger partial charge in [0.15, 0.2) is 5.17 Å². The first-order valence-corrected chi connectivity index (χ1v) is 8.36. The molecule has 1 heterocycles. The lowest BCUT2D eigenvalue weighted by atomic mass is 9.84. The Hall–Kier alpha value is -0.380. The van der Waals surface area contributed by atoms with Gasteiger partial charge in [-0.05, 0) is 31.0 Å². The largest absolute Gasteiger partial charge is 0.334 e.